The molecule has 1 aliphatic rings. The molecule has 1 aliphatic heterocycles. The molecule has 0 aromatic carbocycles. The van der Waals surface area contributed by atoms with Gasteiger partial charge >= 0.3 is 6.09 Å². The quantitative estimate of drug-likeness (QED) is 0.775. The monoisotopic (exact) mass is 355 g/mol. The number of hydrogen-bond donors (Lipinski definition) is 0. The molecule has 0 spiro atoms. The number of nitrogens with zero attached hydrogens (tertiary/aromatic N) is 3. The second-order valence-corrected chi connectivity index (χ2v) is 7.25. The van der Waals surface area contributed by atoms with Gasteiger partial charge in [-0.25, -0.2) is 4.79 Å². The van der Waals surface area contributed by atoms with E-state index in [1.807, 2.05) is 40.0 Å². The predicted molar refractivity (Wildman–Crippen MR) is 86.6 cm³/mol. The molecule has 0 bridgehead atoms. The van der Waals surface area contributed by atoms with Crippen molar-refractivity contribution < 1.29 is 9.53 Å². The van der Waals surface area contributed by atoms with E-state index < -0.39 is 5.60 Å². The van der Waals surface area contributed by atoms with E-state index in [9.17, 15) is 4.79 Å². The number of aromatic nitrogens is 1. The maximum absolute atomic E-state index is 12.2. The Labute approximate surface area is 134 Å². The normalized spacial score (nSPS) is 19.6. The topological polar surface area (TPSA) is 45.7 Å². The van der Waals surface area contributed by atoms with E-state index in [-0.39, 0.29) is 12.1 Å². The molecule has 1 atom stereocenters. The summed E-state index contributed by atoms with van der Waals surface area (Å²) in [7, 11) is 0. The fourth-order valence-corrected chi connectivity index (χ4v) is 2.71. The second-order valence-electron chi connectivity index (χ2n) is 6.33. The summed E-state index contributed by atoms with van der Waals surface area (Å²) < 4.78 is 6.42. The zero-order chi connectivity index (χ0) is 15.6. The van der Waals surface area contributed by atoms with Gasteiger partial charge in [-0.2, -0.15) is 0 Å². The third-order valence-electron chi connectivity index (χ3n) is 3.31. The third kappa shape index (κ3) is 4.33. The maximum atomic E-state index is 12.2. The number of anilines is 1. The van der Waals surface area contributed by atoms with Gasteiger partial charge in [0.25, 0.3) is 0 Å². The molecule has 0 radical (unpaired) electrons. The fraction of sp³-hybridized carbons (Fsp3) is 0.600. The molecule has 2 heterocycles. The molecule has 6 heteroatoms. The number of hydrogen-bond acceptors (Lipinski definition) is 4. The van der Waals surface area contributed by atoms with Crippen molar-refractivity contribution in [3.05, 3.63) is 22.9 Å². The van der Waals surface area contributed by atoms with Crippen LogP contribution in [0.5, 0.6) is 0 Å². The van der Waals surface area contributed by atoms with Crippen LogP contribution in [0.15, 0.2) is 22.9 Å². The molecule has 1 saturated heterocycles. The van der Waals surface area contributed by atoms with E-state index in [0.29, 0.717) is 6.54 Å². The van der Waals surface area contributed by atoms with Crippen LogP contribution in [0.25, 0.3) is 0 Å². The van der Waals surface area contributed by atoms with Crippen LogP contribution in [0, 0.1) is 0 Å². The lowest BCUT2D eigenvalue weighted by Crippen LogP contribution is -2.55. The Morgan fingerprint density at radius 3 is 2.67 bits per heavy atom. The molecule has 1 aromatic rings. The Balaban J connectivity index is 2.01. The number of rotatable bonds is 1. The van der Waals surface area contributed by atoms with Crippen molar-refractivity contribution >= 4 is 27.7 Å². The summed E-state index contributed by atoms with van der Waals surface area (Å²) >= 11 is 3.44. The van der Waals surface area contributed by atoms with Gasteiger partial charge in [-0.15, -0.1) is 0 Å². The van der Waals surface area contributed by atoms with Crippen molar-refractivity contribution in [2.45, 2.75) is 39.3 Å². The molecular formula is C15H22BrN3O2. The Morgan fingerprint density at radius 2 is 2.10 bits per heavy atom. The minimum Gasteiger partial charge on any atom is -0.444 e. The zero-order valence-corrected chi connectivity index (χ0v) is 14.6. The van der Waals surface area contributed by atoms with Crippen LogP contribution >= 0.6 is 15.9 Å². The molecule has 0 aliphatic carbocycles. The minimum atomic E-state index is -0.456. The molecule has 21 heavy (non-hydrogen) atoms. The van der Waals surface area contributed by atoms with E-state index in [1.165, 1.54) is 0 Å². The smallest absolute Gasteiger partial charge is 0.410 e. The molecule has 1 fully saturated rings. The summed E-state index contributed by atoms with van der Waals surface area (Å²) in [5.41, 5.74) is 0.613. The molecule has 0 N–H and O–H groups in total. The molecule has 0 unspecified atom stereocenters. The van der Waals surface area contributed by atoms with E-state index in [0.717, 1.165) is 23.2 Å². The molecule has 1 aromatic heterocycles. The van der Waals surface area contributed by atoms with Gasteiger partial charge in [0.1, 0.15) is 5.60 Å². The largest absolute Gasteiger partial charge is 0.444 e. The van der Waals surface area contributed by atoms with Gasteiger partial charge in [0, 0.05) is 36.3 Å². The number of piperazine rings is 1. The SMILES string of the molecule is C[C@H]1CN(c2cncc(Br)c2)CCN1C(=O)OC(C)(C)C. The predicted octanol–water partition coefficient (Wildman–Crippen LogP) is 3.29. The van der Waals surface area contributed by atoms with Gasteiger partial charge in [0.15, 0.2) is 0 Å². The number of amides is 1. The standard InChI is InChI=1S/C15H22BrN3O2/c1-11-10-18(13-7-12(16)8-17-9-13)5-6-19(11)14(20)21-15(2,3)4/h7-9,11H,5-6,10H2,1-4H3/t11-/m0/s1. The van der Waals surface area contributed by atoms with Crippen LogP contribution in [-0.2, 0) is 4.74 Å². The summed E-state index contributed by atoms with van der Waals surface area (Å²) in [6, 6.07) is 2.15. The summed E-state index contributed by atoms with van der Waals surface area (Å²) in [4.78, 5) is 20.4. The number of ether oxygens (including phenoxy) is 1. The Kier molecular flexibility index (Phi) is 4.76. The molecule has 1 amide bonds. The van der Waals surface area contributed by atoms with Gasteiger partial charge in [-0.05, 0) is 49.7 Å². The lowest BCUT2D eigenvalue weighted by molar-refractivity contribution is 0.0159. The van der Waals surface area contributed by atoms with Gasteiger partial charge in [-0.1, -0.05) is 0 Å². The van der Waals surface area contributed by atoms with Crippen molar-refractivity contribution in [3.63, 3.8) is 0 Å². The van der Waals surface area contributed by atoms with Gasteiger partial charge in [0.2, 0.25) is 0 Å². The number of halogens is 1. The molecule has 0 saturated carbocycles. The summed E-state index contributed by atoms with van der Waals surface area (Å²) in [5, 5.41) is 0. The highest BCUT2D eigenvalue weighted by molar-refractivity contribution is 9.10. The molecule has 5 nitrogen and oxygen atoms in total. The summed E-state index contributed by atoms with van der Waals surface area (Å²) in [6.45, 7) is 9.92. The van der Waals surface area contributed by atoms with Crippen LogP contribution in [0.2, 0.25) is 0 Å². The van der Waals surface area contributed by atoms with Crippen molar-refractivity contribution in [3.8, 4) is 0 Å². The highest BCUT2D eigenvalue weighted by atomic mass is 79.9. The number of pyridine rings is 1. The van der Waals surface area contributed by atoms with Crippen molar-refractivity contribution in [2.75, 3.05) is 24.5 Å². The molecule has 116 valence electrons. The van der Waals surface area contributed by atoms with Gasteiger partial charge in [-0.3, -0.25) is 4.98 Å². The summed E-state index contributed by atoms with van der Waals surface area (Å²) in [5.74, 6) is 0. The van der Waals surface area contributed by atoms with Crippen LogP contribution in [-0.4, -0.2) is 47.3 Å². The second kappa shape index (κ2) is 6.22. The minimum absolute atomic E-state index is 0.104. The average molecular weight is 356 g/mol. The van der Waals surface area contributed by atoms with Crippen molar-refractivity contribution in [2.24, 2.45) is 0 Å². The van der Waals surface area contributed by atoms with E-state index >= 15 is 0 Å². The van der Waals surface area contributed by atoms with Gasteiger partial charge < -0.3 is 14.5 Å². The lowest BCUT2D eigenvalue weighted by Gasteiger charge is -2.41. The van der Waals surface area contributed by atoms with Crippen LogP contribution in [0.3, 0.4) is 0 Å². The third-order valence-corrected chi connectivity index (χ3v) is 3.74. The van der Waals surface area contributed by atoms with Gasteiger partial charge in [0.05, 0.1) is 11.9 Å². The van der Waals surface area contributed by atoms with Crippen molar-refractivity contribution in [1.29, 1.82) is 0 Å². The maximum Gasteiger partial charge on any atom is 0.410 e. The zero-order valence-electron chi connectivity index (χ0n) is 13.0. The van der Waals surface area contributed by atoms with E-state index in [2.05, 4.69) is 25.8 Å². The summed E-state index contributed by atoms with van der Waals surface area (Å²) in [6.07, 6.45) is 3.38. The average Bonchev–Trinajstić information content (AvgIpc) is 2.36. The first kappa shape index (κ1) is 16.1. The molecular weight excluding hydrogens is 334 g/mol. The highest BCUT2D eigenvalue weighted by Crippen LogP contribution is 2.22. The Bertz CT molecular complexity index is 516. The first-order valence-electron chi connectivity index (χ1n) is 7.11. The Hall–Kier alpha value is -1.30. The van der Waals surface area contributed by atoms with Crippen LogP contribution in [0.4, 0.5) is 10.5 Å². The van der Waals surface area contributed by atoms with E-state index in [4.69, 9.17) is 4.74 Å². The number of carbonyl (C=O) groups is 1. The van der Waals surface area contributed by atoms with Crippen LogP contribution < -0.4 is 4.90 Å². The fourth-order valence-electron chi connectivity index (χ4n) is 2.36. The first-order chi connectivity index (χ1) is 9.76. The molecule has 2 rings (SSSR count). The van der Waals surface area contributed by atoms with Crippen LogP contribution in [0.1, 0.15) is 27.7 Å². The highest BCUT2D eigenvalue weighted by Gasteiger charge is 2.30. The lowest BCUT2D eigenvalue weighted by atomic mass is 10.2. The van der Waals surface area contributed by atoms with Crippen molar-refractivity contribution in [1.82, 2.24) is 9.88 Å². The van der Waals surface area contributed by atoms with E-state index in [1.54, 1.807) is 11.1 Å². The first-order valence-corrected chi connectivity index (χ1v) is 7.91. The Morgan fingerprint density at radius 1 is 1.38 bits per heavy atom. The number of carbonyl (C=O) groups excluding carboxylic acids is 1.